The van der Waals surface area contributed by atoms with Crippen LogP contribution in [0, 0.1) is 0 Å². The van der Waals surface area contributed by atoms with Crippen molar-refractivity contribution in [3.63, 3.8) is 0 Å². The number of benzene rings is 3. The van der Waals surface area contributed by atoms with Gasteiger partial charge >= 0.3 is 5.97 Å². The molecule has 4 aromatic rings. The van der Waals surface area contributed by atoms with E-state index in [1.807, 2.05) is 60.7 Å². The highest BCUT2D eigenvalue weighted by atomic mass is 16.4. The lowest BCUT2D eigenvalue weighted by molar-refractivity contribution is -0.144. The van der Waals surface area contributed by atoms with Crippen molar-refractivity contribution in [2.45, 2.75) is 12.6 Å². The number of nitrogens with one attached hydrogen (secondary N) is 1. The van der Waals surface area contributed by atoms with Crippen LogP contribution in [0.4, 0.5) is 0 Å². The molecule has 0 saturated carbocycles. The number of aromatic amines is 1. The molecule has 0 spiro atoms. The Morgan fingerprint density at radius 2 is 1.47 bits per heavy atom. The van der Waals surface area contributed by atoms with E-state index in [1.54, 1.807) is 0 Å². The smallest absolute Gasteiger partial charge is 0.325 e. The van der Waals surface area contributed by atoms with Crippen molar-refractivity contribution in [2.24, 2.45) is 0 Å². The summed E-state index contributed by atoms with van der Waals surface area (Å²) in [5.41, 5.74) is 5.02. The van der Waals surface area contributed by atoms with Gasteiger partial charge in [0, 0.05) is 49.2 Å². The maximum Gasteiger partial charge on any atom is 0.325 e. The van der Waals surface area contributed by atoms with Gasteiger partial charge in [0.2, 0.25) is 0 Å². The molecule has 2 N–H and O–H groups in total. The Hall–Kier alpha value is -3.41. The van der Waals surface area contributed by atoms with Crippen molar-refractivity contribution < 1.29 is 9.90 Å². The van der Waals surface area contributed by atoms with Crippen molar-refractivity contribution in [1.82, 2.24) is 14.8 Å². The number of carboxylic acid groups (broad SMARTS) is 1. The molecular formula is C27H27N3O2. The summed E-state index contributed by atoms with van der Waals surface area (Å²) in [5, 5.41) is 11.3. The van der Waals surface area contributed by atoms with Crippen molar-refractivity contribution in [3.8, 4) is 11.3 Å². The Morgan fingerprint density at radius 3 is 2.16 bits per heavy atom. The number of carboxylic acids is 1. The molecule has 1 aromatic heterocycles. The molecule has 1 aliphatic rings. The number of hydrogen-bond acceptors (Lipinski definition) is 3. The van der Waals surface area contributed by atoms with Crippen LogP contribution in [0.5, 0.6) is 0 Å². The predicted molar refractivity (Wildman–Crippen MR) is 127 cm³/mol. The summed E-state index contributed by atoms with van der Waals surface area (Å²) in [6.45, 7) is 4.03. The number of H-pyrrole nitrogens is 1. The van der Waals surface area contributed by atoms with Gasteiger partial charge in [-0.15, -0.1) is 0 Å². The van der Waals surface area contributed by atoms with Crippen LogP contribution in [0.2, 0.25) is 0 Å². The van der Waals surface area contributed by atoms with Crippen LogP contribution >= 0.6 is 0 Å². The van der Waals surface area contributed by atoms with E-state index in [-0.39, 0.29) is 0 Å². The van der Waals surface area contributed by atoms with E-state index in [0.717, 1.165) is 60.4 Å². The maximum atomic E-state index is 12.6. The monoisotopic (exact) mass is 425 g/mol. The van der Waals surface area contributed by atoms with Crippen LogP contribution in [0.3, 0.4) is 0 Å². The largest absolute Gasteiger partial charge is 0.480 e. The summed E-state index contributed by atoms with van der Waals surface area (Å²) in [6.07, 6.45) is 0. The Labute approximate surface area is 187 Å². The Morgan fingerprint density at radius 1 is 0.844 bits per heavy atom. The van der Waals surface area contributed by atoms with E-state index in [1.165, 1.54) is 5.56 Å². The number of nitrogens with zero attached hydrogens (tertiary/aromatic N) is 2. The lowest BCUT2D eigenvalue weighted by atomic mass is 9.97. The van der Waals surface area contributed by atoms with Gasteiger partial charge in [0.15, 0.2) is 0 Å². The first kappa shape index (κ1) is 20.5. The van der Waals surface area contributed by atoms with Gasteiger partial charge in [-0.2, -0.15) is 0 Å². The number of aromatic nitrogens is 1. The fraction of sp³-hybridized carbons (Fsp3) is 0.222. The van der Waals surface area contributed by atoms with E-state index in [0.29, 0.717) is 0 Å². The summed E-state index contributed by atoms with van der Waals surface area (Å²) < 4.78 is 0. The highest BCUT2D eigenvalue weighted by Crippen LogP contribution is 2.37. The molecule has 1 atom stereocenters. The first-order valence-electron chi connectivity index (χ1n) is 11.1. The zero-order chi connectivity index (χ0) is 21.9. The van der Waals surface area contributed by atoms with E-state index in [9.17, 15) is 9.90 Å². The molecule has 0 amide bonds. The molecule has 5 nitrogen and oxygen atoms in total. The molecule has 0 unspecified atom stereocenters. The lowest BCUT2D eigenvalue weighted by Gasteiger charge is -2.38. The second kappa shape index (κ2) is 8.99. The van der Waals surface area contributed by atoms with Gasteiger partial charge in [0.25, 0.3) is 0 Å². The van der Waals surface area contributed by atoms with E-state index < -0.39 is 12.0 Å². The van der Waals surface area contributed by atoms with Gasteiger partial charge in [-0.05, 0) is 17.2 Å². The highest BCUT2D eigenvalue weighted by Gasteiger charge is 2.34. The van der Waals surface area contributed by atoms with Crippen LogP contribution in [0.1, 0.15) is 17.2 Å². The quantitative estimate of drug-likeness (QED) is 0.467. The Balaban J connectivity index is 1.46. The van der Waals surface area contributed by atoms with Crippen LogP contribution in [-0.2, 0) is 11.3 Å². The highest BCUT2D eigenvalue weighted by molar-refractivity contribution is 5.95. The molecule has 0 bridgehead atoms. The average Bonchev–Trinajstić information content (AvgIpc) is 3.21. The third-order valence-corrected chi connectivity index (χ3v) is 6.34. The van der Waals surface area contributed by atoms with Gasteiger partial charge in [-0.1, -0.05) is 78.9 Å². The molecule has 5 heteroatoms. The zero-order valence-corrected chi connectivity index (χ0v) is 17.9. The van der Waals surface area contributed by atoms with Crippen LogP contribution in [0.25, 0.3) is 22.2 Å². The van der Waals surface area contributed by atoms with Crippen molar-refractivity contribution in [3.05, 3.63) is 96.1 Å². The first-order valence-corrected chi connectivity index (χ1v) is 11.1. The number of para-hydroxylation sites is 1. The number of rotatable bonds is 6. The summed E-state index contributed by atoms with van der Waals surface area (Å²) in [4.78, 5) is 20.6. The number of aliphatic carboxylic acids is 1. The number of piperazine rings is 1. The van der Waals surface area contributed by atoms with Crippen molar-refractivity contribution in [2.75, 3.05) is 26.2 Å². The second-order valence-corrected chi connectivity index (χ2v) is 8.36. The molecule has 0 aliphatic carbocycles. The standard InChI is InChI=1S/C27H27N3O2/c31-27(32)26(30-17-15-29(16-18-30)19-20-9-3-1-4-10-20)24-22-13-7-8-14-23(22)28-25(24)21-11-5-2-6-12-21/h1-14,26,28H,15-19H2,(H,31,32)/t26-/m0/s1. The molecule has 1 aliphatic heterocycles. The molecule has 1 saturated heterocycles. The maximum absolute atomic E-state index is 12.6. The summed E-state index contributed by atoms with van der Waals surface area (Å²) >= 11 is 0. The SMILES string of the molecule is O=C(O)[C@H](c1c(-c2ccccc2)[nH]c2ccccc12)N1CCN(Cc2ccccc2)CC1. The fourth-order valence-electron chi connectivity index (χ4n) is 4.76. The van der Waals surface area contributed by atoms with Gasteiger partial charge in [-0.25, -0.2) is 0 Å². The summed E-state index contributed by atoms with van der Waals surface area (Å²) in [7, 11) is 0. The lowest BCUT2D eigenvalue weighted by Crippen LogP contribution is -2.48. The minimum atomic E-state index is -0.802. The molecule has 1 fully saturated rings. The van der Waals surface area contributed by atoms with E-state index in [4.69, 9.17) is 0 Å². The number of carbonyl (C=O) groups is 1. The Kier molecular flexibility index (Phi) is 5.75. The predicted octanol–water partition coefficient (Wildman–Crippen LogP) is 4.78. The minimum Gasteiger partial charge on any atom is -0.480 e. The molecule has 5 rings (SSSR count). The molecule has 3 aromatic carbocycles. The second-order valence-electron chi connectivity index (χ2n) is 8.36. The van der Waals surface area contributed by atoms with Crippen molar-refractivity contribution in [1.29, 1.82) is 0 Å². The minimum absolute atomic E-state index is 0.694. The molecule has 32 heavy (non-hydrogen) atoms. The third-order valence-electron chi connectivity index (χ3n) is 6.34. The topological polar surface area (TPSA) is 59.6 Å². The fourth-order valence-corrected chi connectivity index (χ4v) is 4.76. The molecule has 0 radical (unpaired) electrons. The van der Waals surface area contributed by atoms with Crippen LogP contribution in [-0.4, -0.2) is 52.0 Å². The molecular weight excluding hydrogens is 398 g/mol. The van der Waals surface area contributed by atoms with Crippen LogP contribution < -0.4 is 0 Å². The van der Waals surface area contributed by atoms with E-state index in [2.05, 4.69) is 39.0 Å². The normalized spacial score (nSPS) is 16.2. The van der Waals surface area contributed by atoms with Gasteiger partial charge < -0.3 is 10.1 Å². The number of hydrogen-bond donors (Lipinski definition) is 2. The molecule has 2 heterocycles. The first-order chi connectivity index (χ1) is 15.7. The zero-order valence-electron chi connectivity index (χ0n) is 17.9. The van der Waals surface area contributed by atoms with E-state index >= 15 is 0 Å². The van der Waals surface area contributed by atoms with Gasteiger partial charge in [-0.3, -0.25) is 14.6 Å². The van der Waals surface area contributed by atoms with Gasteiger partial charge in [0.1, 0.15) is 6.04 Å². The summed E-state index contributed by atoms with van der Waals surface area (Å²) in [6, 6.07) is 27.8. The average molecular weight is 426 g/mol. The number of fused-ring (bicyclic) bond motifs is 1. The molecule has 162 valence electrons. The van der Waals surface area contributed by atoms with Crippen molar-refractivity contribution >= 4 is 16.9 Å². The third kappa shape index (κ3) is 4.05. The Bertz CT molecular complexity index is 1200. The summed E-state index contributed by atoms with van der Waals surface area (Å²) in [5.74, 6) is -0.802. The van der Waals surface area contributed by atoms with Crippen LogP contribution in [0.15, 0.2) is 84.9 Å². The van der Waals surface area contributed by atoms with Gasteiger partial charge in [0.05, 0.1) is 5.69 Å².